The van der Waals surface area contributed by atoms with E-state index in [-0.39, 0.29) is 18.2 Å². The number of nitrogens with zero attached hydrogens (tertiary/aromatic N) is 1. The summed E-state index contributed by atoms with van der Waals surface area (Å²) in [5.74, 6) is -1.23. The van der Waals surface area contributed by atoms with Gasteiger partial charge in [-0.2, -0.15) is 5.26 Å². The minimum absolute atomic E-state index is 0.188. The van der Waals surface area contributed by atoms with Crippen molar-refractivity contribution < 1.29 is 14.4 Å². The Morgan fingerprint density at radius 1 is 1.12 bits per heavy atom. The minimum Gasteiger partial charge on any atom is -0.368 e. The van der Waals surface area contributed by atoms with Crippen molar-refractivity contribution in [2.45, 2.75) is 45.7 Å². The molecule has 7 heteroatoms. The van der Waals surface area contributed by atoms with Crippen molar-refractivity contribution in [3.8, 4) is 6.07 Å². The fourth-order valence-corrected chi connectivity index (χ4v) is 2.39. The summed E-state index contributed by atoms with van der Waals surface area (Å²) in [4.78, 5) is 35.4. The van der Waals surface area contributed by atoms with Crippen molar-refractivity contribution in [2.75, 3.05) is 0 Å². The molecule has 0 unspecified atom stereocenters. The summed E-state index contributed by atoms with van der Waals surface area (Å²) in [6.45, 7) is 5.21. The lowest BCUT2D eigenvalue weighted by Gasteiger charge is -2.22. The molecule has 0 aliphatic heterocycles. The average molecular weight is 344 g/mol. The van der Waals surface area contributed by atoms with E-state index in [1.54, 1.807) is 24.3 Å². The second-order valence-electron chi connectivity index (χ2n) is 6.36. The summed E-state index contributed by atoms with van der Waals surface area (Å²) in [6, 6.07) is 7.07. The van der Waals surface area contributed by atoms with Crippen molar-refractivity contribution in [2.24, 2.45) is 11.7 Å². The molecular weight excluding hydrogens is 320 g/mol. The van der Waals surface area contributed by atoms with Crippen molar-refractivity contribution >= 4 is 17.7 Å². The molecule has 0 radical (unpaired) electrons. The van der Waals surface area contributed by atoms with E-state index in [0.29, 0.717) is 12.0 Å². The van der Waals surface area contributed by atoms with Crippen LogP contribution < -0.4 is 16.4 Å². The highest BCUT2D eigenvalue weighted by molar-refractivity contribution is 5.91. The lowest BCUT2D eigenvalue weighted by Crippen LogP contribution is -2.53. The number of benzene rings is 1. The molecule has 7 nitrogen and oxygen atoms in total. The molecule has 2 atom stereocenters. The van der Waals surface area contributed by atoms with Gasteiger partial charge in [0.2, 0.25) is 17.7 Å². The number of carbonyl (C=O) groups is 3. The Labute approximate surface area is 147 Å². The standard InChI is InChI=1S/C18H24N4O3/c1-11(2)8-16(21-12(3)23)18(25)22-15(17(20)24)9-13-4-6-14(10-19)7-5-13/h4-7,11,15-16H,8-9H2,1-3H3,(H2,20,24)(H,21,23)(H,22,25)/t15-,16+/m1/s1. The molecule has 4 N–H and O–H groups in total. The molecule has 134 valence electrons. The topological polar surface area (TPSA) is 125 Å². The van der Waals surface area contributed by atoms with Crippen LogP contribution in [0.4, 0.5) is 0 Å². The number of hydrogen-bond donors (Lipinski definition) is 3. The summed E-state index contributed by atoms with van der Waals surface area (Å²) in [6.07, 6.45) is 0.662. The number of amides is 3. The van der Waals surface area contributed by atoms with Gasteiger partial charge >= 0.3 is 0 Å². The van der Waals surface area contributed by atoms with Gasteiger partial charge in [0.1, 0.15) is 12.1 Å². The van der Waals surface area contributed by atoms with E-state index in [1.807, 2.05) is 19.9 Å². The molecular formula is C18H24N4O3. The normalized spacial score (nSPS) is 12.8. The number of rotatable bonds is 8. The molecule has 0 aromatic heterocycles. The second-order valence-corrected chi connectivity index (χ2v) is 6.36. The van der Waals surface area contributed by atoms with E-state index < -0.39 is 23.9 Å². The Balaban J connectivity index is 2.83. The quantitative estimate of drug-likeness (QED) is 0.639. The third kappa shape index (κ3) is 7.04. The third-order valence-electron chi connectivity index (χ3n) is 3.58. The molecule has 1 aromatic rings. The van der Waals surface area contributed by atoms with Gasteiger partial charge in [0.05, 0.1) is 11.6 Å². The second kappa shape index (κ2) is 9.42. The van der Waals surface area contributed by atoms with Gasteiger partial charge in [-0.1, -0.05) is 26.0 Å². The summed E-state index contributed by atoms with van der Waals surface area (Å²) in [5, 5.41) is 14.0. The Morgan fingerprint density at radius 3 is 2.16 bits per heavy atom. The molecule has 0 saturated carbocycles. The van der Waals surface area contributed by atoms with Gasteiger partial charge in [0.25, 0.3) is 0 Å². The highest BCUT2D eigenvalue weighted by Crippen LogP contribution is 2.09. The van der Waals surface area contributed by atoms with Gasteiger partial charge in [0.15, 0.2) is 0 Å². The monoisotopic (exact) mass is 344 g/mol. The first-order valence-electron chi connectivity index (χ1n) is 8.08. The number of carbonyl (C=O) groups excluding carboxylic acids is 3. The zero-order valence-electron chi connectivity index (χ0n) is 14.7. The van der Waals surface area contributed by atoms with Crippen LogP contribution in [0.25, 0.3) is 0 Å². The molecule has 0 spiro atoms. The van der Waals surface area contributed by atoms with Gasteiger partial charge in [-0.25, -0.2) is 0 Å². The van der Waals surface area contributed by atoms with Crippen LogP contribution in [0.1, 0.15) is 38.3 Å². The summed E-state index contributed by atoms with van der Waals surface area (Å²) in [7, 11) is 0. The highest BCUT2D eigenvalue weighted by atomic mass is 16.2. The maximum atomic E-state index is 12.4. The molecule has 1 aromatic carbocycles. The first kappa shape index (κ1) is 20.2. The van der Waals surface area contributed by atoms with Crippen LogP contribution in [-0.4, -0.2) is 29.8 Å². The minimum atomic E-state index is -0.899. The molecule has 0 fully saturated rings. The van der Waals surface area contributed by atoms with Crippen molar-refractivity contribution in [3.63, 3.8) is 0 Å². The maximum Gasteiger partial charge on any atom is 0.243 e. The van der Waals surface area contributed by atoms with Crippen LogP contribution in [-0.2, 0) is 20.8 Å². The van der Waals surface area contributed by atoms with Crippen LogP contribution in [0.5, 0.6) is 0 Å². The van der Waals surface area contributed by atoms with Crippen LogP contribution in [0.15, 0.2) is 24.3 Å². The number of nitriles is 1. The number of nitrogens with two attached hydrogens (primary N) is 1. The predicted octanol–water partition coefficient (Wildman–Crippen LogP) is 0.622. The summed E-state index contributed by atoms with van der Waals surface area (Å²) in [5.41, 5.74) is 6.67. The lowest BCUT2D eigenvalue weighted by molar-refractivity contribution is -0.131. The zero-order valence-corrected chi connectivity index (χ0v) is 14.7. The van der Waals surface area contributed by atoms with Crippen molar-refractivity contribution in [1.29, 1.82) is 5.26 Å². The van der Waals surface area contributed by atoms with Crippen LogP contribution >= 0.6 is 0 Å². The summed E-state index contributed by atoms with van der Waals surface area (Å²) >= 11 is 0. The van der Waals surface area contributed by atoms with E-state index in [1.165, 1.54) is 6.92 Å². The van der Waals surface area contributed by atoms with Crippen molar-refractivity contribution in [1.82, 2.24) is 10.6 Å². The Kier molecular flexibility index (Phi) is 7.60. The Morgan fingerprint density at radius 2 is 1.72 bits per heavy atom. The van der Waals surface area contributed by atoms with E-state index in [4.69, 9.17) is 11.0 Å². The van der Waals surface area contributed by atoms with Crippen LogP contribution in [0, 0.1) is 17.2 Å². The Hall–Kier alpha value is -2.88. The SMILES string of the molecule is CC(=O)N[C@@H](CC(C)C)C(=O)N[C@H](Cc1ccc(C#N)cc1)C(N)=O. The van der Waals surface area contributed by atoms with Gasteiger partial charge in [-0.3, -0.25) is 14.4 Å². The van der Waals surface area contributed by atoms with E-state index >= 15 is 0 Å². The maximum absolute atomic E-state index is 12.4. The molecule has 0 aliphatic carbocycles. The average Bonchev–Trinajstić information content (AvgIpc) is 2.53. The van der Waals surface area contributed by atoms with Gasteiger partial charge in [0, 0.05) is 13.3 Å². The molecule has 0 heterocycles. The van der Waals surface area contributed by atoms with Crippen LogP contribution in [0.2, 0.25) is 0 Å². The number of hydrogen-bond acceptors (Lipinski definition) is 4. The van der Waals surface area contributed by atoms with Crippen LogP contribution in [0.3, 0.4) is 0 Å². The fourth-order valence-electron chi connectivity index (χ4n) is 2.39. The molecule has 0 bridgehead atoms. The van der Waals surface area contributed by atoms with Crippen molar-refractivity contribution in [3.05, 3.63) is 35.4 Å². The number of nitrogens with one attached hydrogen (secondary N) is 2. The molecule has 3 amide bonds. The van der Waals surface area contributed by atoms with E-state index in [2.05, 4.69) is 10.6 Å². The first-order valence-corrected chi connectivity index (χ1v) is 8.08. The van der Waals surface area contributed by atoms with E-state index in [9.17, 15) is 14.4 Å². The molecule has 25 heavy (non-hydrogen) atoms. The predicted molar refractivity (Wildman–Crippen MR) is 93.0 cm³/mol. The summed E-state index contributed by atoms with van der Waals surface area (Å²) < 4.78 is 0. The smallest absolute Gasteiger partial charge is 0.243 e. The molecule has 0 saturated heterocycles. The third-order valence-corrected chi connectivity index (χ3v) is 3.58. The number of primary amides is 1. The fraction of sp³-hybridized carbons (Fsp3) is 0.444. The molecule has 0 aliphatic rings. The molecule has 1 rings (SSSR count). The lowest BCUT2D eigenvalue weighted by atomic mass is 10.0. The zero-order chi connectivity index (χ0) is 19.0. The van der Waals surface area contributed by atoms with E-state index in [0.717, 1.165) is 5.56 Å². The Bertz CT molecular complexity index is 662. The van der Waals surface area contributed by atoms with Gasteiger partial charge < -0.3 is 16.4 Å². The van der Waals surface area contributed by atoms with Gasteiger partial charge in [-0.15, -0.1) is 0 Å². The highest BCUT2D eigenvalue weighted by Gasteiger charge is 2.25. The van der Waals surface area contributed by atoms with Gasteiger partial charge in [-0.05, 0) is 30.0 Å². The largest absolute Gasteiger partial charge is 0.368 e. The first-order chi connectivity index (χ1) is 11.7.